The third-order valence-electron chi connectivity index (χ3n) is 4.78. The van der Waals surface area contributed by atoms with Crippen molar-refractivity contribution >= 4 is 11.9 Å². The van der Waals surface area contributed by atoms with Gasteiger partial charge in [0.2, 0.25) is 5.91 Å². The van der Waals surface area contributed by atoms with Crippen LogP contribution in [0.4, 0.5) is 0 Å². The molecule has 0 atom stereocenters. The van der Waals surface area contributed by atoms with Crippen LogP contribution in [0.5, 0.6) is 5.75 Å². The Hall–Kier alpha value is -2.04. The maximum Gasteiger partial charge on any atom is 0.325 e. The van der Waals surface area contributed by atoms with Gasteiger partial charge in [0.25, 0.3) is 0 Å². The Labute approximate surface area is 143 Å². The van der Waals surface area contributed by atoms with E-state index in [9.17, 15) is 9.59 Å². The Balaban J connectivity index is 2.25. The first kappa shape index (κ1) is 18.3. The van der Waals surface area contributed by atoms with Gasteiger partial charge >= 0.3 is 5.97 Å². The predicted octanol–water partition coefficient (Wildman–Crippen LogP) is 2.92. The van der Waals surface area contributed by atoms with E-state index < -0.39 is 5.41 Å². The predicted molar refractivity (Wildman–Crippen MR) is 92.0 cm³/mol. The number of esters is 1. The highest BCUT2D eigenvalue weighted by Gasteiger charge is 2.43. The molecule has 5 nitrogen and oxygen atoms in total. The van der Waals surface area contributed by atoms with Crippen molar-refractivity contribution in [2.45, 2.75) is 44.4 Å². The fourth-order valence-corrected chi connectivity index (χ4v) is 3.53. The molecule has 0 aliphatic heterocycles. The first-order valence-electron chi connectivity index (χ1n) is 8.59. The quantitative estimate of drug-likeness (QED) is 0.751. The Bertz CT molecular complexity index is 561. The fraction of sp³-hybridized carbons (Fsp3) is 0.579. The zero-order chi connectivity index (χ0) is 17.6. The van der Waals surface area contributed by atoms with Crippen LogP contribution in [-0.2, 0) is 19.7 Å². The third-order valence-corrected chi connectivity index (χ3v) is 4.78. The van der Waals surface area contributed by atoms with Crippen LogP contribution in [0, 0.1) is 0 Å². The van der Waals surface area contributed by atoms with E-state index in [1.54, 1.807) is 21.1 Å². The van der Waals surface area contributed by atoms with Crippen molar-refractivity contribution in [2.75, 3.05) is 27.3 Å². The van der Waals surface area contributed by atoms with Crippen molar-refractivity contribution < 1.29 is 19.1 Å². The SMILES string of the molecule is CCOC(=O)CN(C)C(=O)C1(c2ccc(OC)cc2)CCCCC1. The third kappa shape index (κ3) is 3.89. The van der Waals surface area contributed by atoms with Crippen LogP contribution in [0.2, 0.25) is 0 Å². The molecule has 1 aromatic rings. The molecule has 0 bridgehead atoms. The summed E-state index contributed by atoms with van der Waals surface area (Å²) >= 11 is 0. The minimum absolute atomic E-state index is 0.000389. The van der Waals surface area contributed by atoms with E-state index in [0.29, 0.717) is 6.61 Å². The Kier molecular flexibility index (Phi) is 6.23. The van der Waals surface area contributed by atoms with Gasteiger partial charge in [-0.2, -0.15) is 0 Å². The summed E-state index contributed by atoms with van der Waals surface area (Å²) in [6, 6.07) is 7.73. The first-order valence-corrected chi connectivity index (χ1v) is 8.59. The second-order valence-electron chi connectivity index (χ2n) is 6.34. The van der Waals surface area contributed by atoms with Gasteiger partial charge in [-0.1, -0.05) is 31.4 Å². The Morgan fingerprint density at radius 2 is 1.75 bits per heavy atom. The van der Waals surface area contributed by atoms with Crippen LogP contribution in [0.15, 0.2) is 24.3 Å². The van der Waals surface area contributed by atoms with Gasteiger partial charge in [-0.25, -0.2) is 0 Å². The smallest absolute Gasteiger partial charge is 0.325 e. The second-order valence-corrected chi connectivity index (χ2v) is 6.34. The van der Waals surface area contributed by atoms with E-state index >= 15 is 0 Å². The Morgan fingerprint density at radius 3 is 2.29 bits per heavy atom. The normalized spacial score (nSPS) is 16.3. The molecule has 0 saturated heterocycles. The molecule has 0 N–H and O–H groups in total. The molecule has 1 amide bonds. The molecule has 2 rings (SSSR count). The summed E-state index contributed by atoms with van der Waals surface area (Å²) in [5, 5.41) is 0. The molecule has 1 saturated carbocycles. The summed E-state index contributed by atoms with van der Waals surface area (Å²) in [6.07, 6.45) is 4.81. The molecular weight excluding hydrogens is 306 g/mol. The maximum atomic E-state index is 13.2. The minimum atomic E-state index is -0.550. The first-order chi connectivity index (χ1) is 11.5. The monoisotopic (exact) mass is 333 g/mol. The molecule has 0 radical (unpaired) electrons. The second kappa shape index (κ2) is 8.18. The Morgan fingerprint density at radius 1 is 1.12 bits per heavy atom. The van der Waals surface area contributed by atoms with Gasteiger partial charge < -0.3 is 14.4 Å². The van der Waals surface area contributed by atoms with Gasteiger partial charge in [0.15, 0.2) is 0 Å². The number of methoxy groups -OCH3 is 1. The molecule has 1 aliphatic rings. The number of nitrogens with zero attached hydrogens (tertiary/aromatic N) is 1. The van der Waals surface area contributed by atoms with E-state index in [2.05, 4.69) is 0 Å². The summed E-state index contributed by atoms with van der Waals surface area (Å²) in [7, 11) is 3.31. The highest BCUT2D eigenvalue weighted by molar-refractivity contribution is 5.90. The van der Waals surface area contributed by atoms with Crippen molar-refractivity contribution in [3.05, 3.63) is 29.8 Å². The molecule has 1 aliphatic carbocycles. The highest BCUT2D eigenvalue weighted by Crippen LogP contribution is 2.41. The number of hydrogen-bond donors (Lipinski definition) is 0. The highest BCUT2D eigenvalue weighted by atomic mass is 16.5. The fourth-order valence-electron chi connectivity index (χ4n) is 3.53. The summed E-state index contributed by atoms with van der Waals surface area (Å²) in [5.41, 5.74) is 0.454. The molecule has 0 unspecified atom stereocenters. The van der Waals surface area contributed by atoms with Gasteiger partial charge in [-0.05, 0) is 37.5 Å². The molecule has 1 fully saturated rings. The zero-order valence-electron chi connectivity index (χ0n) is 14.8. The van der Waals surface area contributed by atoms with Crippen molar-refractivity contribution in [1.29, 1.82) is 0 Å². The zero-order valence-corrected chi connectivity index (χ0v) is 14.8. The van der Waals surface area contributed by atoms with Crippen LogP contribution < -0.4 is 4.74 Å². The van der Waals surface area contributed by atoms with Gasteiger partial charge in [-0.15, -0.1) is 0 Å². The summed E-state index contributed by atoms with van der Waals surface area (Å²) in [4.78, 5) is 26.4. The average Bonchev–Trinajstić information content (AvgIpc) is 2.61. The van der Waals surface area contributed by atoms with E-state index in [-0.39, 0.29) is 18.4 Å². The van der Waals surface area contributed by atoms with Crippen LogP contribution in [0.3, 0.4) is 0 Å². The summed E-state index contributed by atoms with van der Waals surface area (Å²) in [6.45, 7) is 2.08. The molecule has 5 heteroatoms. The standard InChI is InChI=1S/C19H27NO4/c1-4-24-17(21)14-20(2)18(22)19(12-6-5-7-13-19)15-8-10-16(23-3)11-9-15/h8-11H,4-7,12-14H2,1-3H3. The van der Waals surface area contributed by atoms with E-state index in [0.717, 1.165) is 43.4 Å². The summed E-state index contributed by atoms with van der Waals surface area (Å²) < 4.78 is 10.2. The largest absolute Gasteiger partial charge is 0.497 e. The molecule has 24 heavy (non-hydrogen) atoms. The number of rotatable bonds is 6. The van der Waals surface area contributed by atoms with E-state index in [1.807, 2.05) is 24.3 Å². The molecule has 0 aromatic heterocycles. The number of hydrogen-bond acceptors (Lipinski definition) is 4. The van der Waals surface area contributed by atoms with Crippen LogP contribution in [-0.4, -0.2) is 44.1 Å². The van der Waals surface area contributed by atoms with E-state index in [1.165, 1.54) is 4.90 Å². The molecular formula is C19H27NO4. The van der Waals surface area contributed by atoms with Gasteiger partial charge in [-0.3, -0.25) is 9.59 Å². The summed E-state index contributed by atoms with van der Waals surface area (Å²) in [5.74, 6) is 0.409. The van der Waals surface area contributed by atoms with Crippen LogP contribution >= 0.6 is 0 Å². The van der Waals surface area contributed by atoms with Gasteiger partial charge in [0.1, 0.15) is 12.3 Å². The van der Waals surface area contributed by atoms with Crippen molar-refractivity contribution in [3.8, 4) is 5.75 Å². The minimum Gasteiger partial charge on any atom is -0.497 e. The van der Waals surface area contributed by atoms with Crippen LogP contribution in [0.1, 0.15) is 44.6 Å². The number of carbonyl (C=O) groups is 2. The molecule has 1 aromatic carbocycles. The number of ether oxygens (including phenoxy) is 2. The molecule has 132 valence electrons. The number of likely N-dealkylation sites (N-methyl/N-ethyl adjacent to an activating group) is 1. The number of benzene rings is 1. The number of carbonyl (C=O) groups excluding carboxylic acids is 2. The van der Waals surface area contributed by atoms with Crippen molar-refractivity contribution in [2.24, 2.45) is 0 Å². The lowest BCUT2D eigenvalue weighted by Crippen LogP contribution is -2.48. The van der Waals surface area contributed by atoms with Crippen LogP contribution in [0.25, 0.3) is 0 Å². The lowest BCUT2D eigenvalue weighted by molar-refractivity contribution is -0.150. The lowest BCUT2D eigenvalue weighted by Gasteiger charge is -2.39. The lowest BCUT2D eigenvalue weighted by atomic mass is 9.68. The topological polar surface area (TPSA) is 55.8 Å². The van der Waals surface area contributed by atoms with Gasteiger partial charge in [0, 0.05) is 7.05 Å². The maximum absolute atomic E-state index is 13.2. The average molecular weight is 333 g/mol. The van der Waals surface area contributed by atoms with Crippen molar-refractivity contribution in [3.63, 3.8) is 0 Å². The van der Waals surface area contributed by atoms with Crippen molar-refractivity contribution in [1.82, 2.24) is 4.90 Å². The van der Waals surface area contributed by atoms with E-state index in [4.69, 9.17) is 9.47 Å². The number of amides is 1. The molecule has 0 heterocycles. The van der Waals surface area contributed by atoms with Gasteiger partial charge in [0.05, 0.1) is 19.1 Å². The molecule has 0 spiro atoms.